The van der Waals surface area contributed by atoms with Crippen LogP contribution >= 0.6 is 0 Å². The van der Waals surface area contributed by atoms with Crippen molar-refractivity contribution in [2.75, 3.05) is 5.32 Å². The van der Waals surface area contributed by atoms with Crippen molar-refractivity contribution >= 4 is 16.7 Å². The smallest absolute Gasteiger partial charge is 0.145 e. The average Bonchev–Trinajstić information content (AvgIpc) is 2.91. The van der Waals surface area contributed by atoms with E-state index in [9.17, 15) is 0 Å². The molecule has 5 nitrogen and oxygen atoms in total. The lowest BCUT2D eigenvalue weighted by molar-refractivity contribution is 0.786. The highest BCUT2D eigenvalue weighted by atomic mass is 15.1. The molecule has 0 amide bonds. The molecule has 2 aromatic carbocycles. The van der Waals surface area contributed by atoms with E-state index in [1.807, 2.05) is 55.5 Å². The number of fused-ring (bicyclic) bond motifs is 1. The summed E-state index contributed by atoms with van der Waals surface area (Å²) in [6.45, 7) is 2.75. The Balaban J connectivity index is 1.92. The number of nitriles is 2. The van der Waals surface area contributed by atoms with Crippen LogP contribution in [0.4, 0.5) is 5.69 Å². The molecule has 116 valence electrons. The standard InChI is InChI=1S/C19H15N5/c1-14-23-18-9-17(22-12-16(10-20)11-21)7-8-19(18)24(14)13-15-5-3-2-4-6-15/h2-9,12,22H,13H2,1H3. The van der Waals surface area contributed by atoms with Crippen molar-refractivity contribution in [1.82, 2.24) is 9.55 Å². The number of imidazole rings is 1. The number of nitrogens with zero attached hydrogens (tertiary/aromatic N) is 4. The zero-order chi connectivity index (χ0) is 16.9. The minimum atomic E-state index is 0.0286. The monoisotopic (exact) mass is 313 g/mol. The normalized spacial score (nSPS) is 9.96. The second-order valence-electron chi connectivity index (χ2n) is 5.36. The zero-order valence-electron chi connectivity index (χ0n) is 13.2. The van der Waals surface area contributed by atoms with Gasteiger partial charge in [0.05, 0.1) is 11.0 Å². The average molecular weight is 313 g/mol. The van der Waals surface area contributed by atoms with E-state index in [0.717, 1.165) is 29.1 Å². The van der Waals surface area contributed by atoms with Crippen LogP contribution in [-0.2, 0) is 6.54 Å². The predicted octanol–water partition coefficient (Wildman–Crippen LogP) is 3.74. The third kappa shape index (κ3) is 3.11. The number of nitrogens with one attached hydrogen (secondary N) is 1. The Morgan fingerprint density at radius 2 is 1.92 bits per heavy atom. The van der Waals surface area contributed by atoms with E-state index in [1.165, 1.54) is 11.8 Å². The maximum atomic E-state index is 8.76. The summed E-state index contributed by atoms with van der Waals surface area (Å²) in [7, 11) is 0. The lowest BCUT2D eigenvalue weighted by atomic mass is 10.2. The Hall–Kier alpha value is -3.57. The van der Waals surface area contributed by atoms with Gasteiger partial charge in [0.25, 0.3) is 0 Å². The van der Waals surface area contributed by atoms with Crippen molar-refractivity contribution in [3.8, 4) is 12.1 Å². The third-order valence-electron chi connectivity index (χ3n) is 3.75. The summed E-state index contributed by atoms with van der Waals surface area (Å²) in [6, 6.07) is 19.7. The summed E-state index contributed by atoms with van der Waals surface area (Å²) in [5, 5.41) is 20.5. The molecule has 0 aliphatic carbocycles. The number of anilines is 1. The number of aryl methyl sites for hydroxylation is 1. The molecule has 24 heavy (non-hydrogen) atoms. The van der Waals surface area contributed by atoms with E-state index in [2.05, 4.69) is 27.0 Å². The molecule has 0 bridgehead atoms. The molecule has 0 atom stereocenters. The van der Waals surface area contributed by atoms with Gasteiger partial charge in [-0.3, -0.25) is 0 Å². The lowest BCUT2D eigenvalue weighted by Gasteiger charge is -2.07. The minimum absolute atomic E-state index is 0.0286. The van der Waals surface area contributed by atoms with Crippen molar-refractivity contribution in [3.05, 3.63) is 71.7 Å². The summed E-state index contributed by atoms with van der Waals surface area (Å²) >= 11 is 0. The number of allylic oxidation sites excluding steroid dienone is 1. The van der Waals surface area contributed by atoms with E-state index in [-0.39, 0.29) is 5.57 Å². The molecule has 5 heteroatoms. The summed E-state index contributed by atoms with van der Waals surface area (Å²) in [5.41, 5.74) is 3.96. The molecule has 0 spiro atoms. The van der Waals surface area contributed by atoms with Crippen LogP contribution in [0, 0.1) is 29.6 Å². The summed E-state index contributed by atoms with van der Waals surface area (Å²) < 4.78 is 2.17. The number of rotatable bonds is 4. The van der Waals surface area contributed by atoms with Gasteiger partial charge in [-0.1, -0.05) is 30.3 Å². The topological polar surface area (TPSA) is 77.4 Å². The van der Waals surface area contributed by atoms with Crippen LogP contribution < -0.4 is 5.32 Å². The molecule has 0 saturated heterocycles. The number of hydrogen-bond donors (Lipinski definition) is 1. The van der Waals surface area contributed by atoms with Crippen LogP contribution in [-0.4, -0.2) is 9.55 Å². The van der Waals surface area contributed by atoms with Crippen molar-refractivity contribution in [2.45, 2.75) is 13.5 Å². The highest BCUT2D eigenvalue weighted by molar-refractivity contribution is 5.80. The van der Waals surface area contributed by atoms with Crippen LogP contribution in [0.5, 0.6) is 0 Å². The van der Waals surface area contributed by atoms with Crippen molar-refractivity contribution < 1.29 is 0 Å². The maximum absolute atomic E-state index is 8.76. The minimum Gasteiger partial charge on any atom is -0.360 e. The van der Waals surface area contributed by atoms with E-state index in [4.69, 9.17) is 10.5 Å². The molecular weight excluding hydrogens is 298 g/mol. The van der Waals surface area contributed by atoms with Crippen LogP contribution in [0.25, 0.3) is 11.0 Å². The molecule has 0 aliphatic rings. The Bertz CT molecular complexity index is 968. The highest BCUT2D eigenvalue weighted by Crippen LogP contribution is 2.21. The molecule has 1 N–H and O–H groups in total. The molecule has 1 aromatic heterocycles. The van der Waals surface area contributed by atoms with E-state index in [1.54, 1.807) is 0 Å². The summed E-state index contributed by atoms with van der Waals surface area (Å²) in [4.78, 5) is 4.61. The number of hydrogen-bond acceptors (Lipinski definition) is 4. The molecule has 0 saturated carbocycles. The fourth-order valence-corrected chi connectivity index (χ4v) is 2.55. The van der Waals surface area contributed by atoms with E-state index in [0.29, 0.717) is 0 Å². The Morgan fingerprint density at radius 1 is 1.17 bits per heavy atom. The van der Waals surface area contributed by atoms with Gasteiger partial charge in [-0.15, -0.1) is 0 Å². The first-order chi connectivity index (χ1) is 11.7. The van der Waals surface area contributed by atoms with Crippen LogP contribution in [0.3, 0.4) is 0 Å². The molecule has 0 aliphatic heterocycles. The van der Waals surface area contributed by atoms with E-state index < -0.39 is 0 Å². The second kappa shape index (κ2) is 6.68. The van der Waals surface area contributed by atoms with Crippen LogP contribution in [0.15, 0.2) is 60.3 Å². The fraction of sp³-hybridized carbons (Fsp3) is 0.105. The van der Waals surface area contributed by atoms with Gasteiger partial charge >= 0.3 is 0 Å². The third-order valence-corrected chi connectivity index (χ3v) is 3.75. The maximum Gasteiger partial charge on any atom is 0.145 e. The molecule has 3 rings (SSSR count). The summed E-state index contributed by atoms with van der Waals surface area (Å²) in [5.74, 6) is 0.941. The van der Waals surface area contributed by atoms with Crippen molar-refractivity contribution in [3.63, 3.8) is 0 Å². The van der Waals surface area contributed by atoms with Gasteiger partial charge in [0.2, 0.25) is 0 Å². The molecule has 0 radical (unpaired) electrons. The summed E-state index contributed by atoms with van der Waals surface area (Å²) in [6.07, 6.45) is 1.40. The van der Waals surface area contributed by atoms with Gasteiger partial charge in [0.15, 0.2) is 0 Å². The Morgan fingerprint density at radius 3 is 2.62 bits per heavy atom. The van der Waals surface area contributed by atoms with Crippen molar-refractivity contribution in [2.24, 2.45) is 0 Å². The fourth-order valence-electron chi connectivity index (χ4n) is 2.55. The molecular formula is C19H15N5. The van der Waals surface area contributed by atoms with Gasteiger partial charge in [-0.25, -0.2) is 4.98 Å². The zero-order valence-corrected chi connectivity index (χ0v) is 13.2. The molecule has 0 unspecified atom stereocenters. The molecule has 1 heterocycles. The van der Waals surface area contributed by atoms with Gasteiger partial charge in [0, 0.05) is 18.4 Å². The first-order valence-electron chi connectivity index (χ1n) is 7.49. The first kappa shape index (κ1) is 15.3. The highest BCUT2D eigenvalue weighted by Gasteiger charge is 2.08. The SMILES string of the molecule is Cc1nc2cc(NC=C(C#N)C#N)ccc2n1Cc1ccccc1. The molecule has 0 fully saturated rings. The number of aromatic nitrogens is 2. The Kier molecular flexibility index (Phi) is 4.27. The lowest BCUT2D eigenvalue weighted by Crippen LogP contribution is -2.01. The number of benzene rings is 2. The van der Waals surface area contributed by atoms with Gasteiger partial charge in [-0.2, -0.15) is 10.5 Å². The van der Waals surface area contributed by atoms with Gasteiger partial charge in [0.1, 0.15) is 23.5 Å². The van der Waals surface area contributed by atoms with E-state index >= 15 is 0 Å². The van der Waals surface area contributed by atoms with Crippen LogP contribution in [0.1, 0.15) is 11.4 Å². The van der Waals surface area contributed by atoms with Gasteiger partial charge in [-0.05, 0) is 30.7 Å². The quantitative estimate of drug-likeness (QED) is 0.744. The molecule has 3 aromatic rings. The predicted molar refractivity (Wildman–Crippen MR) is 92.9 cm³/mol. The largest absolute Gasteiger partial charge is 0.360 e. The second-order valence-corrected chi connectivity index (χ2v) is 5.36. The Labute approximate surface area is 140 Å². The van der Waals surface area contributed by atoms with Crippen molar-refractivity contribution in [1.29, 1.82) is 10.5 Å². The first-order valence-corrected chi connectivity index (χ1v) is 7.49. The van der Waals surface area contributed by atoms with Gasteiger partial charge < -0.3 is 9.88 Å². The van der Waals surface area contributed by atoms with Crippen LogP contribution in [0.2, 0.25) is 0 Å².